The van der Waals surface area contributed by atoms with E-state index in [4.69, 9.17) is 9.47 Å². The number of rotatable bonds is 11. The van der Waals surface area contributed by atoms with Gasteiger partial charge in [0.1, 0.15) is 20.7 Å². The zero-order valence-electron chi connectivity index (χ0n) is 22.8. The second kappa shape index (κ2) is 13.7. The molecule has 0 saturated heterocycles. The van der Waals surface area contributed by atoms with Crippen LogP contribution in [0.5, 0.6) is 11.5 Å². The van der Waals surface area contributed by atoms with E-state index in [-0.39, 0.29) is 15.2 Å². The van der Waals surface area contributed by atoms with Gasteiger partial charge in [-0.3, -0.25) is 4.79 Å². The highest BCUT2D eigenvalue weighted by molar-refractivity contribution is 8.33. The maximum atomic E-state index is 13.0. The van der Waals surface area contributed by atoms with E-state index in [0.717, 1.165) is 29.9 Å². The number of benzene rings is 4. The molecule has 4 aromatic carbocycles. The predicted molar refractivity (Wildman–Crippen MR) is 169 cm³/mol. The van der Waals surface area contributed by atoms with Gasteiger partial charge in [0.15, 0.2) is 0 Å². The minimum atomic E-state index is -0.307. The fraction of sp³-hybridized carbons (Fsp3) is 0.265. The van der Waals surface area contributed by atoms with Gasteiger partial charge in [0, 0.05) is 33.6 Å². The molecule has 5 rings (SSSR count). The third-order valence-electron chi connectivity index (χ3n) is 7.17. The first-order valence-corrected chi connectivity index (χ1v) is 16.0. The minimum absolute atomic E-state index is 0.168. The molecule has 206 valence electrons. The van der Waals surface area contributed by atoms with Crippen molar-refractivity contribution in [2.45, 2.75) is 43.8 Å². The first-order valence-electron chi connectivity index (χ1n) is 13.5. The molecule has 0 bridgehead atoms. The summed E-state index contributed by atoms with van der Waals surface area (Å²) < 4.78 is 10.9. The first kappa shape index (κ1) is 28.7. The number of carbonyl (C=O) groups excluding carboxylic acids is 1. The van der Waals surface area contributed by atoms with Crippen molar-refractivity contribution in [1.82, 2.24) is 0 Å². The summed E-state index contributed by atoms with van der Waals surface area (Å²) in [6, 6.07) is 38.1. The molecule has 0 amide bonds. The summed E-state index contributed by atoms with van der Waals surface area (Å²) in [5, 5.41) is 0. The van der Waals surface area contributed by atoms with Crippen molar-refractivity contribution >= 4 is 41.1 Å². The molecule has 0 radical (unpaired) electrons. The molecular formula is C34H34O3S3. The van der Waals surface area contributed by atoms with Gasteiger partial charge in [0.25, 0.3) is 0 Å². The molecule has 1 fully saturated rings. The molecule has 0 spiro atoms. The average molecular weight is 587 g/mol. The van der Waals surface area contributed by atoms with Crippen LogP contribution in [0.25, 0.3) is 0 Å². The Kier molecular flexibility index (Phi) is 9.84. The molecule has 40 heavy (non-hydrogen) atoms. The van der Waals surface area contributed by atoms with Gasteiger partial charge in [-0.05, 0) is 78.8 Å². The van der Waals surface area contributed by atoms with Gasteiger partial charge in [-0.15, -0.1) is 0 Å². The first-order chi connectivity index (χ1) is 19.6. The Morgan fingerprint density at radius 3 is 1.57 bits per heavy atom. The molecule has 1 aliphatic carbocycles. The molecular weight excluding hydrogens is 553 g/mol. The number of Topliss-reactive ketones (excluding diaryl/α,β-unsaturated/α-hetero) is 1. The summed E-state index contributed by atoms with van der Waals surface area (Å²) in [7, 11) is 3.36. The number of methoxy groups -OCH3 is 2. The fourth-order valence-electron chi connectivity index (χ4n) is 5.30. The van der Waals surface area contributed by atoms with Gasteiger partial charge >= 0.3 is 0 Å². The molecule has 4 aromatic rings. The zero-order chi connectivity index (χ0) is 27.8. The molecule has 0 heterocycles. The van der Waals surface area contributed by atoms with Crippen LogP contribution in [0.15, 0.2) is 124 Å². The molecule has 6 heteroatoms. The second-order valence-corrected chi connectivity index (χ2v) is 14.7. The number of ketones is 1. The van der Waals surface area contributed by atoms with Crippen molar-refractivity contribution in [2.75, 3.05) is 14.2 Å². The van der Waals surface area contributed by atoms with Crippen LogP contribution in [-0.4, -0.2) is 23.4 Å². The van der Waals surface area contributed by atoms with Crippen LogP contribution in [-0.2, 0) is 11.2 Å². The highest BCUT2D eigenvalue weighted by Gasteiger charge is 2.48. The third kappa shape index (κ3) is 7.28. The summed E-state index contributed by atoms with van der Waals surface area (Å²) in [5.74, 6) is 2.32. The molecule has 0 aliphatic heterocycles. The maximum Gasteiger partial charge on any atom is 0.133 e. The molecule has 1 saturated carbocycles. The van der Waals surface area contributed by atoms with Crippen molar-refractivity contribution in [1.29, 1.82) is 0 Å². The lowest BCUT2D eigenvalue weighted by atomic mass is 9.76. The normalized spacial score (nSPS) is 17.4. The van der Waals surface area contributed by atoms with Crippen LogP contribution in [0, 0.1) is 11.8 Å². The smallest absolute Gasteiger partial charge is 0.133 e. The Labute approximate surface area is 250 Å². The quantitative estimate of drug-likeness (QED) is 0.129. The Hall–Kier alpha value is -2.80. The zero-order valence-corrected chi connectivity index (χ0v) is 25.3. The van der Waals surface area contributed by atoms with E-state index < -0.39 is 0 Å². The summed E-state index contributed by atoms with van der Waals surface area (Å²) in [6.45, 7) is 0. The molecule has 3 nitrogen and oxygen atoms in total. The van der Waals surface area contributed by atoms with Gasteiger partial charge < -0.3 is 9.47 Å². The minimum Gasteiger partial charge on any atom is -0.497 e. The van der Waals surface area contributed by atoms with Crippen molar-refractivity contribution in [2.24, 2.45) is 11.8 Å². The number of hydrogen-bond donors (Lipinski definition) is 0. The number of ether oxygens (including phenoxy) is 2. The lowest BCUT2D eigenvalue weighted by molar-refractivity contribution is -0.122. The molecule has 0 aromatic heterocycles. The van der Waals surface area contributed by atoms with Crippen LogP contribution in [0.3, 0.4) is 0 Å². The Morgan fingerprint density at radius 1 is 0.700 bits per heavy atom. The third-order valence-corrected chi connectivity index (χ3v) is 12.0. The van der Waals surface area contributed by atoms with Crippen LogP contribution in [0.1, 0.15) is 24.8 Å². The molecule has 0 unspecified atom stereocenters. The summed E-state index contributed by atoms with van der Waals surface area (Å²) >= 11 is 5.79. The van der Waals surface area contributed by atoms with Gasteiger partial charge in [0.05, 0.1) is 14.2 Å². The van der Waals surface area contributed by atoms with Gasteiger partial charge in [-0.2, -0.15) is 0 Å². The molecule has 2 atom stereocenters. The second-order valence-electron chi connectivity index (χ2n) is 9.92. The van der Waals surface area contributed by atoms with Crippen molar-refractivity contribution < 1.29 is 14.3 Å². The Morgan fingerprint density at radius 2 is 1.15 bits per heavy atom. The number of carbonyl (C=O) groups is 1. The topological polar surface area (TPSA) is 35.5 Å². The highest BCUT2D eigenvalue weighted by atomic mass is 32.3. The number of hydrogen-bond acceptors (Lipinski definition) is 6. The van der Waals surface area contributed by atoms with E-state index in [9.17, 15) is 4.79 Å². The SMILES string of the molecule is COc1cc(C[C@@H]2CC(=O)CC[C@H]2C(Sc2ccccc2)(Sc2ccccc2)Sc2ccccc2)cc(OC)c1. The van der Waals surface area contributed by atoms with E-state index >= 15 is 0 Å². The monoisotopic (exact) mass is 586 g/mol. The summed E-state index contributed by atoms with van der Waals surface area (Å²) in [4.78, 5) is 16.7. The predicted octanol–water partition coefficient (Wildman–Crippen LogP) is 9.26. The van der Waals surface area contributed by atoms with Crippen molar-refractivity contribution in [3.05, 3.63) is 115 Å². The van der Waals surface area contributed by atoms with Crippen LogP contribution >= 0.6 is 35.3 Å². The largest absolute Gasteiger partial charge is 0.497 e. The van der Waals surface area contributed by atoms with Crippen LogP contribution < -0.4 is 9.47 Å². The lowest BCUT2D eigenvalue weighted by Gasteiger charge is -2.45. The van der Waals surface area contributed by atoms with E-state index in [0.29, 0.717) is 18.6 Å². The molecule has 1 aliphatic rings. The van der Waals surface area contributed by atoms with Gasteiger partial charge in [-0.25, -0.2) is 0 Å². The van der Waals surface area contributed by atoms with Gasteiger partial charge in [0.2, 0.25) is 0 Å². The van der Waals surface area contributed by atoms with Crippen molar-refractivity contribution in [3.63, 3.8) is 0 Å². The Balaban J connectivity index is 1.61. The number of thioether (sulfide) groups is 3. The standard InChI is InChI=1S/C34H34O3S3/c1-36-28-21-25(22-29(24-28)37-2)20-26-23-27(35)18-19-33(26)34(38-30-12-6-3-7-13-30,39-31-14-8-4-9-15-31)40-32-16-10-5-11-17-32/h3-17,21-22,24,26,33H,18-20,23H2,1-2H3/t26-,33-/m1/s1. The van der Waals surface area contributed by atoms with Gasteiger partial charge in [-0.1, -0.05) is 89.9 Å². The van der Waals surface area contributed by atoms with E-state index in [2.05, 4.69) is 103 Å². The molecule has 0 N–H and O–H groups in total. The van der Waals surface area contributed by atoms with Crippen molar-refractivity contribution in [3.8, 4) is 11.5 Å². The fourth-order valence-corrected chi connectivity index (χ4v) is 10.8. The van der Waals surface area contributed by atoms with E-state index in [1.165, 1.54) is 14.7 Å². The maximum absolute atomic E-state index is 13.0. The van der Waals surface area contributed by atoms with Crippen LogP contribution in [0.2, 0.25) is 0 Å². The summed E-state index contributed by atoms with van der Waals surface area (Å²) in [5.41, 5.74) is 1.13. The Bertz CT molecular complexity index is 1260. The van der Waals surface area contributed by atoms with E-state index in [1.807, 2.05) is 41.4 Å². The highest BCUT2D eigenvalue weighted by Crippen LogP contribution is 2.63. The lowest BCUT2D eigenvalue weighted by Crippen LogP contribution is -2.39. The summed E-state index contributed by atoms with van der Waals surface area (Å²) in [6.07, 6.45) is 2.83. The van der Waals surface area contributed by atoms with Crippen LogP contribution in [0.4, 0.5) is 0 Å². The average Bonchev–Trinajstić information content (AvgIpc) is 2.98. The van der Waals surface area contributed by atoms with E-state index in [1.54, 1.807) is 14.2 Å².